The number of rotatable bonds is 5. The van der Waals surface area contributed by atoms with Gasteiger partial charge in [0.05, 0.1) is 18.5 Å². The molecular formula is C6H20N8. The number of nitrogens with two attached hydrogens (primary N) is 7. The van der Waals surface area contributed by atoms with Crippen LogP contribution in [0.15, 0.2) is 5.10 Å². The van der Waals surface area contributed by atoms with Crippen molar-refractivity contribution in [2.75, 3.05) is 0 Å². The fourth-order valence-corrected chi connectivity index (χ4v) is 1.32. The molecule has 0 aliphatic rings. The summed E-state index contributed by atoms with van der Waals surface area (Å²) in [6.07, 6.45) is -0.814. The van der Waals surface area contributed by atoms with Crippen molar-refractivity contribution in [3.8, 4) is 0 Å². The summed E-state index contributed by atoms with van der Waals surface area (Å²) in [4.78, 5) is 0. The van der Waals surface area contributed by atoms with Crippen LogP contribution >= 0.6 is 0 Å². The van der Waals surface area contributed by atoms with Crippen molar-refractivity contribution < 1.29 is 0 Å². The molecule has 0 aliphatic heterocycles. The zero-order valence-electron chi connectivity index (χ0n) is 7.95. The van der Waals surface area contributed by atoms with E-state index in [0.29, 0.717) is 0 Å². The van der Waals surface area contributed by atoms with E-state index in [1.807, 2.05) is 0 Å². The Labute approximate surface area is 82.8 Å². The van der Waals surface area contributed by atoms with E-state index in [1.165, 1.54) is 6.21 Å². The maximum Gasteiger partial charge on any atom is 0.0606 e. The first-order chi connectivity index (χ1) is 6.41. The van der Waals surface area contributed by atoms with E-state index >= 15 is 0 Å². The SMILES string of the molecule is N/N=C/C(C(N)N)C(C(N)N)C(N)N. The lowest BCUT2D eigenvalue weighted by atomic mass is 9.86. The third-order valence-corrected chi connectivity index (χ3v) is 2.04. The summed E-state index contributed by atoms with van der Waals surface area (Å²) >= 11 is 0. The van der Waals surface area contributed by atoms with Crippen molar-refractivity contribution >= 4 is 6.21 Å². The van der Waals surface area contributed by atoms with Gasteiger partial charge in [0, 0.05) is 18.1 Å². The Hall–Kier alpha value is -0.770. The van der Waals surface area contributed by atoms with Gasteiger partial charge in [0.2, 0.25) is 0 Å². The topological polar surface area (TPSA) is 194 Å². The molecule has 0 amide bonds. The summed E-state index contributed by atoms with van der Waals surface area (Å²) in [5.41, 5.74) is 33.1. The second-order valence-electron chi connectivity index (χ2n) is 3.18. The van der Waals surface area contributed by atoms with Gasteiger partial charge in [-0.05, 0) is 0 Å². The highest BCUT2D eigenvalue weighted by molar-refractivity contribution is 5.62. The molecule has 0 heterocycles. The Morgan fingerprint density at radius 1 is 0.786 bits per heavy atom. The molecule has 0 spiro atoms. The fourth-order valence-electron chi connectivity index (χ4n) is 1.32. The Kier molecular flexibility index (Phi) is 5.53. The Balaban J connectivity index is 4.73. The molecule has 0 saturated heterocycles. The van der Waals surface area contributed by atoms with Gasteiger partial charge >= 0.3 is 0 Å². The zero-order valence-corrected chi connectivity index (χ0v) is 7.95. The molecule has 0 aromatic rings. The first-order valence-electron chi connectivity index (χ1n) is 4.18. The van der Waals surface area contributed by atoms with Gasteiger partial charge in [0.25, 0.3) is 0 Å². The molecule has 0 saturated carbocycles. The average molecular weight is 204 g/mol. The standard InChI is InChI=1S/C6H20N8/c7-4(8)2(1-14-13)3(5(9)10)6(11)12/h1-6H,7-13H2/b14-1+. The highest BCUT2D eigenvalue weighted by Crippen LogP contribution is 2.13. The van der Waals surface area contributed by atoms with Crippen LogP contribution in [-0.2, 0) is 0 Å². The van der Waals surface area contributed by atoms with Crippen LogP contribution in [0.4, 0.5) is 0 Å². The average Bonchev–Trinajstić information content (AvgIpc) is 2.01. The summed E-state index contributed by atoms with van der Waals surface area (Å²) < 4.78 is 0. The van der Waals surface area contributed by atoms with Gasteiger partial charge in [-0.2, -0.15) is 5.10 Å². The molecule has 8 nitrogen and oxygen atoms in total. The molecule has 0 fully saturated rings. The fraction of sp³-hybridized carbons (Fsp3) is 0.833. The van der Waals surface area contributed by atoms with Crippen LogP contribution < -0.4 is 40.2 Å². The van der Waals surface area contributed by atoms with Gasteiger partial charge in [-0.1, -0.05) is 0 Å². The normalized spacial score (nSPS) is 15.3. The quantitative estimate of drug-likeness (QED) is 0.102. The van der Waals surface area contributed by atoms with Gasteiger partial charge in [0.15, 0.2) is 0 Å². The van der Waals surface area contributed by atoms with Gasteiger partial charge < -0.3 is 40.2 Å². The predicted molar refractivity (Wildman–Crippen MR) is 56.1 cm³/mol. The van der Waals surface area contributed by atoms with Gasteiger partial charge in [0.1, 0.15) is 0 Å². The monoisotopic (exact) mass is 204 g/mol. The Morgan fingerprint density at radius 2 is 1.21 bits per heavy atom. The molecule has 14 N–H and O–H groups in total. The summed E-state index contributed by atoms with van der Waals surface area (Å²) in [5, 5.41) is 3.34. The van der Waals surface area contributed by atoms with Crippen LogP contribution in [0.3, 0.4) is 0 Å². The Morgan fingerprint density at radius 3 is 1.43 bits per heavy atom. The Bertz CT molecular complexity index is 169. The molecular weight excluding hydrogens is 184 g/mol. The molecule has 0 aromatic carbocycles. The van der Waals surface area contributed by atoms with E-state index in [0.717, 1.165) is 0 Å². The largest absolute Gasteiger partial charge is 0.324 e. The molecule has 0 bridgehead atoms. The van der Waals surface area contributed by atoms with E-state index < -0.39 is 30.3 Å². The lowest BCUT2D eigenvalue weighted by Gasteiger charge is -2.31. The maximum atomic E-state index is 5.51. The van der Waals surface area contributed by atoms with Gasteiger partial charge in [-0.15, -0.1) is 0 Å². The second-order valence-corrected chi connectivity index (χ2v) is 3.18. The molecule has 0 rings (SSSR count). The van der Waals surface area contributed by atoms with Crippen LogP contribution in [0.5, 0.6) is 0 Å². The minimum absolute atomic E-state index is 0.444. The van der Waals surface area contributed by atoms with E-state index in [4.69, 9.17) is 40.2 Å². The maximum absolute atomic E-state index is 5.51. The summed E-state index contributed by atoms with van der Waals surface area (Å²) in [6, 6.07) is 0. The van der Waals surface area contributed by atoms with Crippen LogP contribution in [0.2, 0.25) is 0 Å². The highest BCUT2D eigenvalue weighted by atomic mass is 15.1. The number of hydrogen-bond donors (Lipinski definition) is 7. The van der Waals surface area contributed by atoms with Crippen LogP contribution in [0, 0.1) is 11.8 Å². The second kappa shape index (κ2) is 5.86. The molecule has 1 unspecified atom stereocenters. The molecule has 0 aliphatic carbocycles. The van der Waals surface area contributed by atoms with Crippen molar-refractivity contribution in [3.05, 3.63) is 0 Å². The molecule has 84 valence electrons. The van der Waals surface area contributed by atoms with Crippen molar-refractivity contribution in [3.63, 3.8) is 0 Å². The van der Waals surface area contributed by atoms with Gasteiger partial charge in [-0.3, -0.25) is 0 Å². The molecule has 8 heteroatoms. The van der Waals surface area contributed by atoms with Crippen LogP contribution in [-0.4, -0.2) is 24.7 Å². The molecule has 0 radical (unpaired) electrons. The number of hydrazone groups is 1. The van der Waals surface area contributed by atoms with Crippen molar-refractivity contribution in [1.29, 1.82) is 0 Å². The van der Waals surface area contributed by atoms with Crippen LogP contribution in [0.25, 0.3) is 0 Å². The van der Waals surface area contributed by atoms with E-state index in [-0.39, 0.29) is 0 Å². The highest BCUT2D eigenvalue weighted by Gasteiger charge is 2.30. The lowest BCUT2D eigenvalue weighted by molar-refractivity contribution is 0.269. The van der Waals surface area contributed by atoms with E-state index in [2.05, 4.69) is 5.10 Å². The van der Waals surface area contributed by atoms with Crippen molar-refractivity contribution in [2.45, 2.75) is 18.5 Å². The predicted octanol–water partition coefficient (Wildman–Crippen LogP) is -4.11. The molecule has 14 heavy (non-hydrogen) atoms. The molecule has 1 atom stereocenters. The lowest BCUT2D eigenvalue weighted by Crippen LogP contribution is -2.59. The summed E-state index contributed by atoms with van der Waals surface area (Å²) in [5.74, 6) is 4.09. The smallest absolute Gasteiger partial charge is 0.0606 e. The third kappa shape index (κ3) is 3.54. The first-order valence-corrected chi connectivity index (χ1v) is 4.18. The van der Waals surface area contributed by atoms with Gasteiger partial charge in [-0.25, -0.2) is 0 Å². The minimum atomic E-state index is -0.729. The first kappa shape index (κ1) is 13.2. The van der Waals surface area contributed by atoms with E-state index in [1.54, 1.807) is 0 Å². The van der Waals surface area contributed by atoms with Crippen molar-refractivity contribution in [1.82, 2.24) is 0 Å². The van der Waals surface area contributed by atoms with Crippen LogP contribution in [0.1, 0.15) is 0 Å². The number of hydrogen-bond acceptors (Lipinski definition) is 8. The van der Waals surface area contributed by atoms with E-state index in [9.17, 15) is 0 Å². The minimum Gasteiger partial charge on any atom is -0.324 e. The molecule has 0 aromatic heterocycles. The zero-order chi connectivity index (χ0) is 11.3. The number of nitrogens with zero attached hydrogens (tertiary/aromatic N) is 1. The third-order valence-electron chi connectivity index (χ3n) is 2.04. The summed E-state index contributed by atoms with van der Waals surface area (Å²) in [6.45, 7) is 0. The summed E-state index contributed by atoms with van der Waals surface area (Å²) in [7, 11) is 0. The van der Waals surface area contributed by atoms with Crippen molar-refractivity contribution in [2.24, 2.45) is 57.2 Å².